The molecule has 2 heterocycles. The zero-order valence-corrected chi connectivity index (χ0v) is 18.5. The molecule has 0 unspecified atom stereocenters. The smallest absolute Gasteiger partial charge is 0.298 e. The number of carbonyl (C=O) groups excluding carboxylic acids is 2. The first-order valence-corrected chi connectivity index (χ1v) is 11.7. The van der Waals surface area contributed by atoms with Gasteiger partial charge < -0.3 is 0 Å². The second kappa shape index (κ2) is 7.88. The van der Waals surface area contributed by atoms with Crippen molar-refractivity contribution >= 4 is 38.5 Å². The van der Waals surface area contributed by atoms with Gasteiger partial charge in [-0.15, -0.1) is 11.3 Å². The Kier molecular flexibility index (Phi) is 5.38. The fourth-order valence-electron chi connectivity index (χ4n) is 3.16. The lowest BCUT2D eigenvalue weighted by Gasteiger charge is -2.25. The second-order valence-corrected chi connectivity index (χ2v) is 10.0. The van der Waals surface area contributed by atoms with Gasteiger partial charge in [0.2, 0.25) is 0 Å². The van der Waals surface area contributed by atoms with Crippen LogP contribution in [0.5, 0.6) is 0 Å². The summed E-state index contributed by atoms with van der Waals surface area (Å²) in [5.74, 6) is -0.881. The van der Waals surface area contributed by atoms with Crippen molar-refractivity contribution in [3.8, 4) is 11.3 Å². The number of hydrogen-bond donors (Lipinski definition) is 2. The molecule has 2 N–H and O–H groups in total. The number of aromatic nitrogens is 1. The molecule has 0 bridgehead atoms. The number of carbonyl (C=O) groups is 2. The first-order valence-electron chi connectivity index (χ1n) is 9.43. The van der Waals surface area contributed by atoms with E-state index in [-0.39, 0.29) is 12.5 Å². The summed E-state index contributed by atoms with van der Waals surface area (Å²) in [4.78, 5) is 28.9. The fraction of sp³-hybridized carbons (Fsp3) is 0.190. The average molecular weight is 457 g/mol. The molecule has 0 spiro atoms. The number of hydrogen-bond acceptors (Lipinski definition) is 6. The third kappa shape index (κ3) is 4.22. The fourth-order valence-corrected chi connectivity index (χ4v) is 5.47. The van der Waals surface area contributed by atoms with E-state index in [1.165, 1.54) is 11.3 Å². The van der Waals surface area contributed by atoms with E-state index in [4.69, 9.17) is 0 Å². The molecule has 10 heteroatoms. The second-order valence-electron chi connectivity index (χ2n) is 7.56. The van der Waals surface area contributed by atoms with Gasteiger partial charge in [-0.25, -0.2) is 9.71 Å². The number of amides is 2. The maximum Gasteiger partial charge on any atom is 0.305 e. The van der Waals surface area contributed by atoms with Crippen molar-refractivity contribution in [1.29, 1.82) is 0 Å². The standard InChI is InChI=1S/C21H20N4O4S2/c1-21(2)19(27)24-31(28,29)25(21)12-14-8-10-16(11-9-14)18(26)23-20-22-17(13-30-20)15-6-4-3-5-7-15/h3-11,13H,12H2,1-2H3,(H,24,27)(H,22,23,26). The molecule has 4 rings (SSSR count). The molecule has 1 aliphatic heterocycles. The first-order chi connectivity index (χ1) is 14.7. The first kappa shape index (κ1) is 21.2. The molecule has 31 heavy (non-hydrogen) atoms. The minimum absolute atomic E-state index is 0.0168. The van der Waals surface area contributed by atoms with Crippen LogP contribution in [-0.2, 0) is 21.5 Å². The molecule has 2 aromatic carbocycles. The Morgan fingerprint density at radius 2 is 1.81 bits per heavy atom. The Labute approximate surface area is 184 Å². The van der Waals surface area contributed by atoms with Crippen molar-refractivity contribution in [2.24, 2.45) is 0 Å². The minimum atomic E-state index is -3.88. The molecule has 160 valence electrons. The number of benzene rings is 2. The molecular formula is C21H20N4O4S2. The van der Waals surface area contributed by atoms with Gasteiger partial charge in [0.15, 0.2) is 5.13 Å². The number of nitrogens with one attached hydrogen (secondary N) is 2. The predicted octanol–water partition coefficient (Wildman–Crippen LogP) is 3.02. The zero-order chi connectivity index (χ0) is 22.2. The Balaban J connectivity index is 1.44. The van der Waals surface area contributed by atoms with Crippen LogP contribution in [0.2, 0.25) is 0 Å². The van der Waals surface area contributed by atoms with Gasteiger partial charge in [-0.1, -0.05) is 42.5 Å². The minimum Gasteiger partial charge on any atom is -0.298 e. The van der Waals surface area contributed by atoms with Crippen LogP contribution in [0.1, 0.15) is 29.8 Å². The molecular weight excluding hydrogens is 436 g/mol. The Morgan fingerprint density at radius 1 is 1.13 bits per heavy atom. The van der Waals surface area contributed by atoms with Gasteiger partial charge in [-0.05, 0) is 31.5 Å². The van der Waals surface area contributed by atoms with Gasteiger partial charge in [0.1, 0.15) is 5.54 Å². The summed E-state index contributed by atoms with van der Waals surface area (Å²) in [6, 6.07) is 16.2. The molecule has 8 nitrogen and oxygen atoms in total. The van der Waals surface area contributed by atoms with E-state index >= 15 is 0 Å². The predicted molar refractivity (Wildman–Crippen MR) is 119 cm³/mol. The van der Waals surface area contributed by atoms with Crippen LogP contribution >= 0.6 is 11.3 Å². The highest BCUT2D eigenvalue weighted by atomic mass is 32.2. The lowest BCUT2D eigenvalue weighted by atomic mass is 10.0. The van der Waals surface area contributed by atoms with Gasteiger partial charge in [0.05, 0.1) is 5.69 Å². The SMILES string of the molecule is CC1(C)C(=O)NS(=O)(=O)N1Cc1ccc(C(=O)Nc2nc(-c3ccccc3)cs2)cc1. The molecule has 3 aromatic rings. The van der Waals surface area contributed by atoms with Crippen LogP contribution in [0.15, 0.2) is 60.0 Å². The zero-order valence-electron chi connectivity index (χ0n) is 16.8. The maximum absolute atomic E-state index is 12.6. The number of nitrogens with zero attached hydrogens (tertiary/aromatic N) is 2. The lowest BCUT2D eigenvalue weighted by molar-refractivity contribution is -0.125. The summed E-state index contributed by atoms with van der Waals surface area (Å²) in [6.07, 6.45) is 0. The van der Waals surface area contributed by atoms with Crippen LogP contribution in [0.3, 0.4) is 0 Å². The van der Waals surface area contributed by atoms with Crippen molar-refractivity contribution < 1.29 is 18.0 Å². The largest absolute Gasteiger partial charge is 0.305 e. The van der Waals surface area contributed by atoms with Crippen molar-refractivity contribution in [3.63, 3.8) is 0 Å². The summed E-state index contributed by atoms with van der Waals surface area (Å²) in [7, 11) is -3.88. The monoisotopic (exact) mass is 456 g/mol. The molecule has 0 atom stereocenters. The van der Waals surface area contributed by atoms with E-state index in [1.807, 2.05) is 40.4 Å². The average Bonchev–Trinajstić information content (AvgIpc) is 3.26. The van der Waals surface area contributed by atoms with E-state index in [9.17, 15) is 18.0 Å². The van der Waals surface area contributed by atoms with E-state index in [2.05, 4.69) is 10.3 Å². The Bertz CT molecular complexity index is 1240. The molecule has 1 aromatic heterocycles. The van der Waals surface area contributed by atoms with E-state index in [0.29, 0.717) is 16.3 Å². The molecule has 1 fully saturated rings. The molecule has 2 amide bonds. The third-order valence-corrected chi connectivity index (χ3v) is 7.39. The third-order valence-electron chi connectivity index (χ3n) is 5.03. The molecule has 1 aliphatic rings. The maximum atomic E-state index is 12.6. The summed E-state index contributed by atoms with van der Waals surface area (Å²) < 4.78 is 27.5. The highest BCUT2D eigenvalue weighted by Crippen LogP contribution is 2.28. The van der Waals surface area contributed by atoms with Crippen molar-refractivity contribution in [1.82, 2.24) is 14.0 Å². The highest BCUT2D eigenvalue weighted by molar-refractivity contribution is 7.88. The number of anilines is 1. The van der Waals surface area contributed by atoms with Crippen LogP contribution in [-0.4, -0.2) is 35.1 Å². The topological polar surface area (TPSA) is 108 Å². The van der Waals surface area contributed by atoms with Crippen molar-refractivity contribution in [2.75, 3.05) is 5.32 Å². The highest BCUT2D eigenvalue weighted by Gasteiger charge is 2.50. The van der Waals surface area contributed by atoms with Crippen LogP contribution in [0.25, 0.3) is 11.3 Å². The van der Waals surface area contributed by atoms with Gasteiger partial charge >= 0.3 is 10.2 Å². The normalized spacial score (nSPS) is 17.3. The van der Waals surface area contributed by atoms with Gasteiger partial charge in [-0.2, -0.15) is 12.7 Å². The molecule has 0 saturated carbocycles. The van der Waals surface area contributed by atoms with Crippen molar-refractivity contribution in [3.05, 3.63) is 71.1 Å². The molecule has 0 radical (unpaired) electrons. The lowest BCUT2D eigenvalue weighted by Crippen LogP contribution is -2.43. The summed E-state index contributed by atoms with van der Waals surface area (Å²) in [5.41, 5.74) is 1.64. The number of rotatable bonds is 5. The van der Waals surface area contributed by atoms with Crippen LogP contribution < -0.4 is 10.0 Å². The van der Waals surface area contributed by atoms with E-state index < -0.39 is 21.7 Å². The van der Waals surface area contributed by atoms with Crippen LogP contribution in [0, 0.1) is 0 Å². The van der Waals surface area contributed by atoms with Gasteiger partial charge in [0.25, 0.3) is 11.8 Å². The summed E-state index contributed by atoms with van der Waals surface area (Å²) >= 11 is 1.34. The Morgan fingerprint density at radius 3 is 2.42 bits per heavy atom. The number of thiazole rings is 1. The van der Waals surface area contributed by atoms with Crippen molar-refractivity contribution in [2.45, 2.75) is 25.9 Å². The molecule has 0 aliphatic carbocycles. The Hall–Kier alpha value is -3.08. The summed E-state index contributed by atoms with van der Waals surface area (Å²) in [5, 5.41) is 5.15. The van der Waals surface area contributed by atoms with Crippen LogP contribution in [0.4, 0.5) is 5.13 Å². The quantitative estimate of drug-likeness (QED) is 0.614. The van der Waals surface area contributed by atoms with E-state index in [1.54, 1.807) is 38.1 Å². The van der Waals surface area contributed by atoms with E-state index in [0.717, 1.165) is 15.6 Å². The van der Waals surface area contributed by atoms with Gasteiger partial charge in [-0.3, -0.25) is 14.9 Å². The summed E-state index contributed by atoms with van der Waals surface area (Å²) in [6.45, 7) is 3.11. The molecule has 1 saturated heterocycles. The van der Waals surface area contributed by atoms with Gasteiger partial charge in [0, 0.05) is 23.1 Å².